The van der Waals surface area contributed by atoms with E-state index in [-0.39, 0.29) is 5.60 Å². The molecule has 0 aliphatic heterocycles. The van der Waals surface area contributed by atoms with Crippen molar-refractivity contribution in [3.63, 3.8) is 0 Å². The Morgan fingerprint density at radius 3 is 1.93 bits per heavy atom. The molecule has 4 aliphatic rings. The highest BCUT2D eigenvalue weighted by Gasteiger charge is 2.62. The molecule has 3 atom stereocenters. The van der Waals surface area contributed by atoms with Gasteiger partial charge in [0.15, 0.2) is 0 Å². The van der Waals surface area contributed by atoms with E-state index in [4.69, 9.17) is 0 Å². The van der Waals surface area contributed by atoms with Gasteiger partial charge < -0.3 is 5.11 Å². The van der Waals surface area contributed by atoms with Gasteiger partial charge in [-0.25, -0.2) is 0 Å². The molecule has 4 rings (SSSR count). The van der Waals surface area contributed by atoms with E-state index in [9.17, 15) is 5.11 Å². The van der Waals surface area contributed by atoms with Gasteiger partial charge in [0.25, 0.3) is 0 Å². The normalized spacial score (nSPS) is 66.0. The molecule has 4 saturated carbocycles. The van der Waals surface area contributed by atoms with Crippen LogP contribution in [-0.2, 0) is 0 Å². The van der Waals surface area contributed by atoms with Gasteiger partial charge in [-0.1, -0.05) is 20.8 Å². The maximum absolute atomic E-state index is 10.7. The first-order valence-electron chi connectivity index (χ1n) is 6.07. The predicted octanol–water partition coefficient (Wildman–Crippen LogP) is 2.97. The average molecular weight is 194 g/mol. The Hall–Kier alpha value is -0.0400. The number of aliphatic hydroxyl groups is 1. The summed E-state index contributed by atoms with van der Waals surface area (Å²) in [5.41, 5.74) is 0.595. The molecule has 0 radical (unpaired) electrons. The van der Waals surface area contributed by atoms with E-state index in [1.165, 1.54) is 19.3 Å². The fraction of sp³-hybridized carbons (Fsp3) is 1.00. The molecule has 4 fully saturated rings. The van der Waals surface area contributed by atoms with E-state index in [0.717, 1.165) is 18.8 Å². The van der Waals surface area contributed by atoms with Crippen LogP contribution >= 0.6 is 0 Å². The fourth-order valence-corrected chi connectivity index (χ4v) is 5.44. The van der Waals surface area contributed by atoms with E-state index in [1.807, 2.05) is 0 Å². The van der Waals surface area contributed by atoms with Gasteiger partial charge >= 0.3 is 0 Å². The van der Waals surface area contributed by atoms with Crippen molar-refractivity contribution in [2.75, 3.05) is 0 Å². The van der Waals surface area contributed by atoms with Crippen molar-refractivity contribution in [3.05, 3.63) is 0 Å². The lowest BCUT2D eigenvalue weighted by atomic mass is 9.41. The Morgan fingerprint density at radius 2 is 1.50 bits per heavy atom. The molecule has 0 aromatic carbocycles. The quantitative estimate of drug-likeness (QED) is 0.628. The zero-order valence-corrected chi connectivity index (χ0v) is 9.64. The van der Waals surface area contributed by atoms with Gasteiger partial charge in [0.05, 0.1) is 5.60 Å². The summed E-state index contributed by atoms with van der Waals surface area (Å²) in [5, 5.41) is 10.7. The molecular weight excluding hydrogens is 172 g/mol. The molecule has 0 aromatic rings. The Kier molecular flexibility index (Phi) is 1.45. The van der Waals surface area contributed by atoms with E-state index >= 15 is 0 Å². The van der Waals surface area contributed by atoms with Crippen molar-refractivity contribution < 1.29 is 5.11 Å². The summed E-state index contributed by atoms with van der Waals surface area (Å²) in [6.45, 7) is 7.07. The van der Waals surface area contributed by atoms with Gasteiger partial charge in [0.2, 0.25) is 0 Å². The van der Waals surface area contributed by atoms with Gasteiger partial charge in [-0.3, -0.25) is 0 Å². The van der Waals surface area contributed by atoms with Crippen LogP contribution in [0.25, 0.3) is 0 Å². The van der Waals surface area contributed by atoms with Gasteiger partial charge in [-0.2, -0.15) is 0 Å². The Balaban J connectivity index is 2.06. The summed E-state index contributed by atoms with van der Waals surface area (Å²) in [7, 11) is 0. The lowest BCUT2D eigenvalue weighted by molar-refractivity contribution is -0.222. The first-order chi connectivity index (χ1) is 6.34. The lowest BCUT2D eigenvalue weighted by Gasteiger charge is -2.66. The molecule has 0 amide bonds. The Bertz CT molecular complexity index is 265. The second kappa shape index (κ2) is 2.21. The van der Waals surface area contributed by atoms with Crippen LogP contribution in [0.4, 0.5) is 0 Å². The molecule has 0 spiro atoms. The van der Waals surface area contributed by atoms with Crippen LogP contribution in [0.3, 0.4) is 0 Å². The highest BCUT2D eigenvalue weighted by Crippen LogP contribution is 2.67. The highest BCUT2D eigenvalue weighted by atomic mass is 16.3. The lowest BCUT2D eigenvalue weighted by Crippen LogP contribution is -2.62. The Labute approximate surface area is 86.9 Å². The molecule has 1 nitrogen and oxygen atoms in total. The van der Waals surface area contributed by atoms with Crippen LogP contribution in [0.5, 0.6) is 0 Å². The topological polar surface area (TPSA) is 20.2 Å². The average Bonchev–Trinajstić information content (AvgIpc) is 1.94. The third kappa shape index (κ3) is 0.997. The highest BCUT2D eigenvalue weighted by molar-refractivity contribution is 5.13. The zero-order chi connectivity index (χ0) is 10.2. The molecule has 14 heavy (non-hydrogen) atoms. The van der Waals surface area contributed by atoms with Gasteiger partial charge in [0, 0.05) is 0 Å². The second-order valence-corrected chi connectivity index (χ2v) is 7.21. The molecule has 0 saturated heterocycles. The van der Waals surface area contributed by atoms with Crippen molar-refractivity contribution in [1.82, 2.24) is 0 Å². The smallest absolute Gasteiger partial charge is 0.0686 e. The number of hydrogen-bond donors (Lipinski definition) is 1. The van der Waals surface area contributed by atoms with Crippen molar-refractivity contribution >= 4 is 0 Å². The molecule has 80 valence electrons. The van der Waals surface area contributed by atoms with E-state index in [0.29, 0.717) is 16.7 Å². The minimum atomic E-state index is -0.317. The summed E-state index contributed by atoms with van der Waals surface area (Å²) < 4.78 is 0. The first-order valence-corrected chi connectivity index (χ1v) is 6.07. The van der Waals surface area contributed by atoms with Gasteiger partial charge in [-0.05, 0) is 54.8 Å². The third-order valence-electron chi connectivity index (χ3n) is 5.38. The fourth-order valence-electron chi connectivity index (χ4n) is 5.44. The predicted molar refractivity (Wildman–Crippen MR) is 56.9 cm³/mol. The molecule has 1 N–H and O–H groups in total. The zero-order valence-electron chi connectivity index (χ0n) is 9.64. The summed E-state index contributed by atoms with van der Waals surface area (Å²) in [5.74, 6) is 1.34. The number of rotatable bonds is 0. The molecule has 4 aliphatic carbocycles. The molecule has 4 bridgehead atoms. The van der Waals surface area contributed by atoms with Crippen LogP contribution in [0.1, 0.15) is 52.9 Å². The minimum Gasteiger partial charge on any atom is -0.390 e. The monoisotopic (exact) mass is 194 g/mol. The Morgan fingerprint density at radius 1 is 1.00 bits per heavy atom. The molecule has 0 heterocycles. The van der Waals surface area contributed by atoms with E-state index in [2.05, 4.69) is 20.8 Å². The first kappa shape index (κ1) is 9.21. The van der Waals surface area contributed by atoms with Crippen molar-refractivity contribution in [2.24, 2.45) is 22.7 Å². The minimum absolute atomic E-state index is 0.317. The van der Waals surface area contributed by atoms with Crippen molar-refractivity contribution in [1.29, 1.82) is 0 Å². The summed E-state index contributed by atoms with van der Waals surface area (Å²) >= 11 is 0. The maximum Gasteiger partial charge on any atom is 0.0686 e. The standard InChI is InChI=1S/C13H22O/c1-9-10-4-11(2)6-12(3,5-10)8-13(9,14)7-11/h9-10,14H,4-8H2,1-3H3. The van der Waals surface area contributed by atoms with Crippen LogP contribution in [0.15, 0.2) is 0 Å². The van der Waals surface area contributed by atoms with Gasteiger partial charge in [0.1, 0.15) is 0 Å². The van der Waals surface area contributed by atoms with Crippen molar-refractivity contribution in [3.8, 4) is 0 Å². The van der Waals surface area contributed by atoms with Crippen LogP contribution in [0.2, 0.25) is 0 Å². The van der Waals surface area contributed by atoms with E-state index in [1.54, 1.807) is 0 Å². The summed E-state index contributed by atoms with van der Waals surface area (Å²) in [6.07, 6.45) is 6.21. The van der Waals surface area contributed by atoms with Crippen LogP contribution < -0.4 is 0 Å². The number of hydrogen-bond acceptors (Lipinski definition) is 1. The summed E-state index contributed by atoms with van der Waals surface area (Å²) in [6, 6.07) is 0. The SMILES string of the molecule is CC1C2CC3(C)CC(C)(C2)CC1(O)C3. The van der Waals surface area contributed by atoms with Crippen LogP contribution in [0, 0.1) is 22.7 Å². The largest absolute Gasteiger partial charge is 0.390 e. The maximum atomic E-state index is 10.7. The van der Waals surface area contributed by atoms with Gasteiger partial charge in [-0.15, -0.1) is 0 Å². The molecule has 1 heteroatoms. The third-order valence-corrected chi connectivity index (χ3v) is 5.38. The van der Waals surface area contributed by atoms with E-state index < -0.39 is 0 Å². The second-order valence-electron chi connectivity index (χ2n) is 7.21. The summed E-state index contributed by atoms with van der Waals surface area (Å²) in [4.78, 5) is 0. The molecule has 3 unspecified atom stereocenters. The molecular formula is C13H22O. The van der Waals surface area contributed by atoms with Crippen LogP contribution in [-0.4, -0.2) is 10.7 Å². The molecule has 0 aromatic heterocycles. The van der Waals surface area contributed by atoms with Crippen molar-refractivity contribution in [2.45, 2.75) is 58.5 Å².